The van der Waals surface area contributed by atoms with Gasteiger partial charge in [-0.2, -0.15) is 9.84 Å². The second-order valence-corrected chi connectivity index (χ2v) is 7.42. The molecule has 1 aliphatic carbocycles. The Morgan fingerprint density at radius 3 is 2.80 bits per heavy atom. The maximum absolute atomic E-state index is 13.4. The fraction of sp³-hybridized carbons (Fsp3) is 0.562. The highest BCUT2D eigenvalue weighted by molar-refractivity contribution is 7.80. The normalized spacial score (nSPS) is 28.1. The first-order valence-corrected chi connectivity index (χ1v) is 8.65. The van der Waals surface area contributed by atoms with E-state index in [0.29, 0.717) is 35.8 Å². The van der Waals surface area contributed by atoms with Crippen molar-refractivity contribution < 1.29 is 14.4 Å². The van der Waals surface area contributed by atoms with Gasteiger partial charge in [0.05, 0.1) is 0 Å². The van der Waals surface area contributed by atoms with Gasteiger partial charge < -0.3 is 20.6 Å². The van der Waals surface area contributed by atoms with Crippen LogP contribution in [0.4, 0.5) is 0 Å². The Morgan fingerprint density at radius 2 is 2.20 bits per heavy atom. The monoisotopic (exact) mass is 365 g/mol. The second kappa shape index (κ2) is 6.08. The number of hydroxylamine groups is 3. The average Bonchev–Trinajstić information content (AvgIpc) is 3.02. The Hall–Kier alpha value is -1.97. The van der Waals surface area contributed by atoms with E-state index in [0.717, 1.165) is 22.6 Å². The Balaban J connectivity index is 2.18. The van der Waals surface area contributed by atoms with Crippen LogP contribution in [0, 0.1) is 12.1 Å². The average molecular weight is 365 g/mol. The first-order chi connectivity index (χ1) is 11.7. The number of hydrogen-bond acceptors (Lipinski definition) is 6. The summed E-state index contributed by atoms with van der Waals surface area (Å²) < 4.78 is 6.51. The summed E-state index contributed by atoms with van der Waals surface area (Å²) in [5.41, 5.74) is 6.65. The minimum absolute atomic E-state index is 0.0123. The topological polar surface area (TPSA) is 113 Å². The zero-order valence-corrected chi connectivity index (χ0v) is 15.4. The number of aryl methyl sites for hydroxylation is 1. The highest BCUT2D eigenvalue weighted by Gasteiger charge is 2.66. The van der Waals surface area contributed by atoms with Crippen LogP contribution in [0.1, 0.15) is 51.1 Å². The lowest BCUT2D eigenvalue weighted by atomic mass is 9.86. The highest BCUT2D eigenvalue weighted by Crippen LogP contribution is 2.42. The number of nitrogens with zero attached hydrogens (tertiary/aromatic N) is 3. The molecule has 1 fully saturated rings. The van der Waals surface area contributed by atoms with Crippen LogP contribution < -0.4 is 11.2 Å². The van der Waals surface area contributed by atoms with Gasteiger partial charge in [-0.05, 0) is 64.4 Å². The molecule has 8 nitrogen and oxygen atoms in total. The Bertz CT molecular complexity index is 770. The van der Waals surface area contributed by atoms with E-state index in [1.807, 2.05) is 6.92 Å². The van der Waals surface area contributed by atoms with Gasteiger partial charge in [-0.25, -0.2) is 0 Å². The molecular formula is C16H23N5O3S. The van der Waals surface area contributed by atoms with Crippen molar-refractivity contribution in [3.63, 3.8) is 0 Å². The Labute approximate surface area is 151 Å². The smallest absolute Gasteiger partial charge is 0.292 e. The third-order valence-corrected chi connectivity index (χ3v) is 5.02. The molecule has 3 rings (SSSR count). The van der Waals surface area contributed by atoms with Crippen LogP contribution in [0.15, 0.2) is 21.7 Å². The van der Waals surface area contributed by atoms with Crippen LogP contribution in [0.3, 0.4) is 0 Å². The number of rotatable bonds is 2. The predicted octanol–water partition coefficient (Wildman–Crippen LogP) is 1.83. The molecule has 0 bridgehead atoms. The van der Waals surface area contributed by atoms with Crippen molar-refractivity contribution in [2.75, 3.05) is 0 Å². The van der Waals surface area contributed by atoms with Gasteiger partial charge in [-0.3, -0.25) is 5.43 Å². The van der Waals surface area contributed by atoms with E-state index in [9.17, 15) is 10.4 Å². The third kappa shape index (κ3) is 2.62. The van der Waals surface area contributed by atoms with E-state index in [4.69, 9.17) is 22.4 Å². The number of hydrazone groups is 1. The van der Waals surface area contributed by atoms with Crippen molar-refractivity contribution in [2.24, 2.45) is 10.8 Å². The minimum Gasteiger partial charge on any atom is -0.622 e. The predicted molar refractivity (Wildman–Crippen MR) is 97.4 cm³/mol. The molecule has 0 amide bonds. The van der Waals surface area contributed by atoms with Crippen molar-refractivity contribution in [2.45, 2.75) is 57.7 Å². The molecule has 2 heterocycles. The van der Waals surface area contributed by atoms with Gasteiger partial charge in [-0.15, -0.1) is 5.06 Å². The largest absolute Gasteiger partial charge is 0.622 e. The van der Waals surface area contributed by atoms with Crippen LogP contribution in [-0.4, -0.2) is 42.7 Å². The number of thiocarbonyl (C=S) groups is 1. The van der Waals surface area contributed by atoms with Crippen molar-refractivity contribution in [3.8, 4) is 0 Å². The molecule has 1 aliphatic heterocycles. The zero-order valence-electron chi connectivity index (χ0n) is 14.6. The van der Waals surface area contributed by atoms with Gasteiger partial charge in [0, 0.05) is 6.42 Å². The third-order valence-electron chi connectivity index (χ3n) is 4.92. The molecule has 1 spiro atoms. The summed E-state index contributed by atoms with van der Waals surface area (Å²) in [7, 11) is 0. The quantitative estimate of drug-likeness (QED) is 0.317. The molecule has 1 aromatic rings. The minimum atomic E-state index is -1.30. The molecule has 0 radical (unpaired) electrons. The Kier molecular flexibility index (Phi) is 4.34. The fourth-order valence-corrected chi connectivity index (χ4v) is 3.81. The molecule has 1 saturated carbocycles. The summed E-state index contributed by atoms with van der Waals surface area (Å²) in [5.74, 6) is 1.14. The second-order valence-electron chi connectivity index (χ2n) is 6.98. The van der Waals surface area contributed by atoms with Gasteiger partial charge >= 0.3 is 0 Å². The summed E-state index contributed by atoms with van der Waals surface area (Å²) in [6.07, 6.45) is 2.67. The lowest BCUT2D eigenvalue weighted by molar-refractivity contribution is -0.568. The first kappa shape index (κ1) is 17.8. The first-order valence-electron chi connectivity index (χ1n) is 8.24. The van der Waals surface area contributed by atoms with Crippen molar-refractivity contribution in [1.82, 2.24) is 10.5 Å². The number of furan rings is 1. The van der Waals surface area contributed by atoms with Crippen molar-refractivity contribution in [1.29, 1.82) is 0 Å². The molecule has 9 heteroatoms. The van der Waals surface area contributed by atoms with Gasteiger partial charge in [0.15, 0.2) is 10.9 Å². The van der Waals surface area contributed by atoms with E-state index >= 15 is 0 Å². The summed E-state index contributed by atoms with van der Waals surface area (Å²) in [5, 5.41) is 29.8. The molecule has 1 atom stereocenters. The molecule has 1 aromatic heterocycles. The van der Waals surface area contributed by atoms with E-state index in [1.165, 1.54) is 0 Å². The maximum Gasteiger partial charge on any atom is 0.292 e. The van der Waals surface area contributed by atoms with Crippen LogP contribution >= 0.6 is 12.2 Å². The Morgan fingerprint density at radius 1 is 1.48 bits per heavy atom. The van der Waals surface area contributed by atoms with E-state index < -0.39 is 11.2 Å². The lowest BCUT2D eigenvalue weighted by Crippen LogP contribution is -2.61. The van der Waals surface area contributed by atoms with Gasteiger partial charge in [0.1, 0.15) is 17.0 Å². The molecule has 4 N–H and O–H groups in total. The van der Waals surface area contributed by atoms with Crippen LogP contribution in [0.5, 0.6) is 0 Å². The van der Waals surface area contributed by atoms with Crippen LogP contribution in [-0.2, 0) is 0 Å². The maximum atomic E-state index is 13.4. The molecule has 0 unspecified atom stereocenters. The van der Waals surface area contributed by atoms with Crippen molar-refractivity contribution >= 4 is 28.8 Å². The van der Waals surface area contributed by atoms with Gasteiger partial charge in [-0.1, -0.05) is 0 Å². The summed E-state index contributed by atoms with van der Waals surface area (Å²) in [6, 6.07) is 3.54. The molecule has 0 saturated heterocycles. The van der Waals surface area contributed by atoms with Gasteiger partial charge in [0.2, 0.25) is 0 Å². The molecule has 136 valence electrons. The standard InChI is InChI=1S/C16H23N5O3S/c1-10-7-8-11(24-10)13-15(2,3)21(23)16(20(13)22)9-5-4-6-12(16)18-19-14(17)25/h7-8,23H,4-6,9H2,1-3H3,(H3,17,19,25)/t16-/m1/s1. The van der Waals surface area contributed by atoms with Crippen LogP contribution in [0.2, 0.25) is 0 Å². The van der Waals surface area contributed by atoms with Gasteiger partial charge in [0.25, 0.3) is 11.4 Å². The molecule has 25 heavy (non-hydrogen) atoms. The zero-order chi connectivity index (χ0) is 18.4. The lowest BCUT2D eigenvalue weighted by Gasteiger charge is -2.38. The number of nitrogens with one attached hydrogen (secondary N) is 1. The fourth-order valence-electron chi connectivity index (χ4n) is 3.77. The number of nitrogens with two attached hydrogens (primary N) is 1. The number of hydrogen-bond donors (Lipinski definition) is 3. The SMILES string of the molecule is Cc1ccc(C2=[N+]([O-])[C@]3(CCCCC3=NNC(N)=S)N(O)C2(C)C)o1. The van der Waals surface area contributed by atoms with Crippen molar-refractivity contribution in [3.05, 3.63) is 28.9 Å². The summed E-state index contributed by atoms with van der Waals surface area (Å²) >= 11 is 4.81. The van der Waals surface area contributed by atoms with E-state index in [-0.39, 0.29) is 5.11 Å². The van der Waals surface area contributed by atoms with E-state index in [2.05, 4.69) is 10.5 Å². The summed E-state index contributed by atoms with van der Waals surface area (Å²) in [6.45, 7) is 5.38. The highest BCUT2D eigenvalue weighted by atomic mass is 32.1. The van der Waals surface area contributed by atoms with E-state index in [1.54, 1.807) is 26.0 Å². The molecular weight excluding hydrogens is 342 g/mol. The summed E-state index contributed by atoms with van der Waals surface area (Å²) in [4.78, 5) is 0. The van der Waals surface area contributed by atoms with Crippen LogP contribution in [0.25, 0.3) is 0 Å². The molecule has 0 aromatic carbocycles. The molecule has 2 aliphatic rings.